The highest BCUT2D eigenvalue weighted by Gasteiger charge is 2.52. The van der Waals surface area contributed by atoms with E-state index in [2.05, 4.69) is 17.5 Å². The van der Waals surface area contributed by atoms with Crippen LogP contribution in [0.15, 0.2) is 30.4 Å². The van der Waals surface area contributed by atoms with Gasteiger partial charge in [-0.2, -0.15) is 0 Å². The van der Waals surface area contributed by atoms with Crippen LogP contribution in [0.3, 0.4) is 0 Å². The summed E-state index contributed by atoms with van der Waals surface area (Å²) < 4.78 is 0. The summed E-state index contributed by atoms with van der Waals surface area (Å²) in [6, 6.07) is 5.24. The molecule has 1 saturated carbocycles. The van der Waals surface area contributed by atoms with Crippen molar-refractivity contribution < 1.29 is 4.79 Å². The van der Waals surface area contributed by atoms with E-state index in [0.29, 0.717) is 27.6 Å². The highest BCUT2D eigenvalue weighted by molar-refractivity contribution is 6.39. The van der Waals surface area contributed by atoms with Crippen LogP contribution in [0, 0.1) is 17.8 Å². The molecule has 4 heteroatoms. The molecule has 2 nitrogen and oxygen atoms in total. The van der Waals surface area contributed by atoms with E-state index < -0.39 is 0 Å². The topological polar surface area (TPSA) is 29.1 Å². The number of nitrogens with one attached hydrogen (secondary N) is 1. The highest BCUT2D eigenvalue weighted by atomic mass is 35.5. The minimum absolute atomic E-state index is 0.0431. The van der Waals surface area contributed by atoms with Gasteiger partial charge in [-0.15, -0.1) is 0 Å². The number of carbonyl (C=O) groups is 1. The number of hydrogen-bond acceptors (Lipinski definition) is 1. The van der Waals surface area contributed by atoms with Gasteiger partial charge in [-0.3, -0.25) is 4.79 Å². The molecule has 0 bridgehead atoms. The molecule has 0 aliphatic heterocycles. The largest absolute Gasteiger partial charge is 0.323 e. The van der Waals surface area contributed by atoms with Gasteiger partial charge in [-0.05, 0) is 43.2 Å². The van der Waals surface area contributed by atoms with Crippen molar-refractivity contribution in [2.24, 2.45) is 17.8 Å². The lowest BCUT2D eigenvalue weighted by Crippen LogP contribution is -2.16. The Kier molecular flexibility index (Phi) is 4.04. The van der Waals surface area contributed by atoms with Gasteiger partial charge >= 0.3 is 0 Å². The Balaban J connectivity index is 1.72. The van der Waals surface area contributed by atoms with Gasteiger partial charge in [0.05, 0.1) is 15.7 Å². The van der Waals surface area contributed by atoms with Crippen molar-refractivity contribution in [1.82, 2.24) is 0 Å². The number of para-hydroxylation sites is 1. The minimum atomic E-state index is 0.0431. The molecule has 2 aliphatic carbocycles. The number of benzene rings is 1. The molecule has 3 unspecified atom stereocenters. The summed E-state index contributed by atoms with van der Waals surface area (Å²) in [5.41, 5.74) is 0.532. The van der Waals surface area contributed by atoms with Gasteiger partial charge in [0.1, 0.15) is 0 Å². The van der Waals surface area contributed by atoms with E-state index in [-0.39, 0.29) is 11.8 Å². The van der Waals surface area contributed by atoms with Gasteiger partial charge in [0, 0.05) is 5.92 Å². The average molecular weight is 310 g/mol. The molecule has 3 atom stereocenters. The first-order valence-corrected chi connectivity index (χ1v) is 7.85. The van der Waals surface area contributed by atoms with Crippen LogP contribution in [0.25, 0.3) is 0 Å². The fraction of sp³-hybridized carbons (Fsp3) is 0.438. The first-order valence-electron chi connectivity index (χ1n) is 7.10. The lowest BCUT2D eigenvalue weighted by Gasteiger charge is -2.08. The normalized spacial score (nSPS) is 29.8. The molecule has 1 amide bonds. The molecule has 1 fully saturated rings. The third-order valence-electron chi connectivity index (χ3n) is 4.26. The number of anilines is 1. The minimum Gasteiger partial charge on any atom is -0.323 e. The van der Waals surface area contributed by atoms with E-state index in [4.69, 9.17) is 23.2 Å². The second-order valence-electron chi connectivity index (χ2n) is 5.57. The lowest BCUT2D eigenvalue weighted by molar-refractivity contribution is -0.117. The molecule has 0 aromatic heterocycles. The Morgan fingerprint density at radius 3 is 2.70 bits per heavy atom. The number of halogens is 2. The second kappa shape index (κ2) is 5.79. The first-order chi connectivity index (χ1) is 9.68. The fourth-order valence-corrected chi connectivity index (χ4v) is 3.62. The molecule has 1 aromatic rings. The van der Waals surface area contributed by atoms with Gasteiger partial charge in [-0.1, -0.05) is 47.8 Å². The molecule has 0 spiro atoms. The van der Waals surface area contributed by atoms with Crippen LogP contribution in [0.2, 0.25) is 10.0 Å². The van der Waals surface area contributed by atoms with Gasteiger partial charge in [0.2, 0.25) is 5.91 Å². The summed E-state index contributed by atoms with van der Waals surface area (Å²) in [7, 11) is 0. The Bertz CT molecular complexity index is 535. The van der Waals surface area contributed by atoms with Crippen LogP contribution < -0.4 is 5.32 Å². The summed E-state index contributed by atoms with van der Waals surface area (Å²) in [5.74, 6) is 1.02. The van der Waals surface area contributed by atoms with Gasteiger partial charge in [0.25, 0.3) is 0 Å². The smallest absolute Gasteiger partial charge is 0.228 e. The molecule has 20 heavy (non-hydrogen) atoms. The van der Waals surface area contributed by atoms with E-state index in [1.54, 1.807) is 18.2 Å². The molecule has 0 heterocycles. The maximum Gasteiger partial charge on any atom is 0.228 e. The molecule has 1 N–H and O–H groups in total. The van der Waals surface area contributed by atoms with E-state index in [0.717, 1.165) is 12.8 Å². The van der Waals surface area contributed by atoms with Crippen LogP contribution in [-0.4, -0.2) is 5.91 Å². The van der Waals surface area contributed by atoms with Crippen LogP contribution in [0.1, 0.15) is 25.7 Å². The number of rotatable bonds is 2. The van der Waals surface area contributed by atoms with Crippen molar-refractivity contribution in [1.29, 1.82) is 0 Å². The molecule has 0 saturated heterocycles. The van der Waals surface area contributed by atoms with E-state index >= 15 is 0 Å². The van der Waals surface area contributed by atoms with Crippen molar-refractivity contribution in [3.8, 4) is 0 Å². The molecule has 1 aromatic carbocycles. The van der Waals surface area contributed by atoms with Gasteiger partial charge in [0.15, 0.2) is 0 Å². The van der Waals surface area contributed by atoms with Crippen LogP contribution in [0.5, 0.6) is 0 Å². The molecule has 3 rings (SSSR count). The summed E-state index contributed by atoms with van der Waals surface area (Å²) in [5, 5.41) is 3.87. The lowest BCUT2D eigenvalue weighted by atomic mass is 10.1. The molecule has 106 valence electrons. The zero-order valence-corrected chi connectivity index (χ0v) is 12.6. The quantitative estimate of drug-likeness (QED) is 0.771. The van der Waals surface area contributed by atoms with Crippen molar-refractivity contribution in [2.75, 3.05) is 5.32 Å². The van der Waals surface area contributed by atoms with Gasteiger partial charge < -0.3 is 5.32 Å². The molecule has 2 aliphatic rings. The Morgan fingerprint density at radius 1 is 1.20 bits per heavy atom. The number of carbonyl (C=O) groups excluding carboxylic acids is 1. The third kappa shape index (κ3) is 2.72. The Morgan fingerprint density at radius 2 is 1.95 bits per heavy atom. The Labute approximate surface area is 129 Å². The fourth-order valence-electron chi connectivity index (χ4n) is 3.12. The SMILES string of the molecule is O=C(Nc1c(Cl)cccc1Cl)C1C2/C=C\CCCCC21. The number of allylic oxidation sites excluding steroid dienone is 2. The molecular formula is C16H17Cl2NO. The highest BCUT2D eigenvalue weighted by Crippen LogP contribution is 2.52. The van der Waals surface area contributed by atoms with Crippen LogP contribution >= 0.6 is 23.2 Å². The van der Waals surface area contributed by atoms with E-state index in [1.807, 2.05) is 0 Å². The average Bonchev–Trinajstić information content (AvgIpc) is 3.05. The number of amides is 1. The monoisotopic (exact) mass is 309 g/mol. The molecule has 0 radical (unpaired) electrons. The third-order valence-corrected chi connectivity index (χ3v) is 4.89. The number of fused-ring (bicyclic) bond motifs is 1. The van der Waals surface area contributed by atoms with E-state index in [9.17, 15) is 4.79 Å². The number of hydrogen-bond donors (Lipinski definition) is 1. The van der Waals surface area contributed by atoms with Gasteiger partial charge in [-0.25, -0.2) is 0 Å². The maximum absolute atomic E-state index is 12.4. The van der Waals surface area contributed by atoms with Crippen molar-refractivity contribution in [3.63, 3.8) is 0 Å². The standard InChI is InChI=1S/C16H17Cl2NO/c17-12-8-5-9-13(18)15(12)19-16(20)14-10-6-3-1-2-4-7-11(10)14/h3,5-6,8-11,14H,1-2,4,7H2,(H,19,20)/b6-3-. The van der Waals surface area contributed by atoms with Crippen LogP contribution in [-0.2, 0) is 4.79 Å². The Hall–Kier alpha value is -0.990. The second-order valence-corrected chi connectivity index (χ2v) is 6.38. The summed E-state index contributed by atoms with van der Waals surface area (Å²) in [6.45, 7) is 0. The first kappa shape index (κ1) is 14.0. The van der Waals surface area contributed by atoms with Crippen LogP contribution in [0.4, 0.5) is 5.69 Å². The van der Waals surface area contributed by atoms with Crippen molar-refractivity contribution >= 4 is 34.8 Å². The van der Waals surface area contributed by atoms with Crippen molar-refractivity contribution in [3.05, 3.63) is 40.4 Å². The predicted molar refractivity (Wildman–Crippen MR) is 83.2 cm³/mol. The molecular weight excluding hydrogens is 293 g/mol. The summed E-state index contributed by atoms with van der Waals surface area (Å²) in [4.78, 5) is 12.4. The zero-order valence-electron chi connectivity index (χ0n) is 11.1. The van der Waals surface area contributed by atoms with E-state index in [1.165, 1.54) is 12.8 Å². The maximum atomic E-state index is 12.4. The predicted octanol–water partition coefficient (Wildman–Crippen LogP) is 4.92. The van der Waals surface area contributed by atoms with Crippen molar-refractivity contribution in [2.45, 2.75) is 25.7 Å². The zero-order chi connectivity index (χ0) is 14.1. The summed E-state index contributed by atoms with van der Waals surface area (Å²) >= 11 is 12.2. The summed E-state index contributed by atoms with van der Waals surface area (Å²) in [6.07, 6.45) is 9.14.